The number of aliphatic carboxylic acids is 1. The van der Waals surface area contributed by atoms with Crippen molar-refractivity contribution in [2.45, 2.75) is 32.2 Å². The van der Waals surface area contributed by atoms with Gasteiger partial charge in [0.25, 0.3) is 0 Å². The van der Waals surface area contributed by atoms with Crippen molar-refractivity contribution in [1.29, 1.82) is 0 Å². The fraction of sp³-hybridized carbons (Fsp3) is 0.261. The molecule has 0 aliphatic carbocycles. The Labute approximate surface area is 168 Å². The van der Waals surface area contributed by atoms with Crippen LogP contribution in [0.4, 0.5) is 0 Å². The molecule has 1 amide bonds. The number of fused-ring (bicyclic) bond motifs is 2. The summed E-state index contributed by atoms with van der Waals surface area (Å²) < 4.78 is 4.80. The van der Waals surface area contributed by atoms with Crippen LogP contribution in [0.15, 0.2) is 54.6 Å². The van der Waals surface area contributed by atoms with Gasteiger partial charge in [-0.2, -0.15) is 0 Å². The van der Waals surface area contributed by atoms with Crippen LogP contribution < -0.4 is 5.32 Å². The van der Waals surface area contributed by atoms with Gasteiger partial charge in [0.1, 0.15) is 6.04 Å². The molecular formula is C23H23NO5. The Bertz CT molecular complexity index is 1010. The van der Waals surface area contributed by atoms with Crippen LogP contribution >= 0.6 is 0 Å². The van der Waals surface area contributed by atoms with Gasteiger partial charge in [0.05, 0.1) is 13.0 Å². The van der Waals surface area contributed by atoms with Crippen molar-refractivity contribution >= 4 is 39.4 Å². The van der Waals surface area contributed by atoms with Crippen molar-refractivity contribution in [2.75, 3.05) is 6.61 Å². The van der Waals surface area contributed by atoms with E-state index < -0.39 is 23.9 Å². The van der Waals surface area contributed by atoms with Crippen molar-refractivity contribution in [3.05, 3.63) is 60.2 Å². The highest BCUT2D eigenvalue weighted by atomic mass is 16.5. The third kappa shape index (κ3) is 4.90. The van der Waals surface area contributed by atoms with Gasteiger partial charge in [-0.05, 0) is 40.1 Å². The molecule has 1 atom stereocenters. The van der Waals surface area contributed by atoms with Gasteiger partial charge >= 0.3 is 11.9 Å². The Morgan fingerprint density at radius 2 is 1.55 bits per heavy atom. The summed E-state index contributed by atoms with van der Waals surface area (Å²) in [6, 6.07) is 16.6. The van der Waals surface area contributed by atoms with Gasteiger partial charge in [-0.3, -0.25) is 9.59 Å². The fourth-order valence-corrected chi connectivity index (χ4v) is 3.45. The summed E-state index contributed by atoms with van der Waals surface area (Å²) in [4.78, 5) is 35.5. The summed E-state index contributed by atoms with van der Waals surface area (Å²) in [5.41, 5.74) is 0.872. The molecule has 6 nitrogen and oxygen atoms in total. The van der Waals surface area contributed by atoms with E-state index in [2.05, 4.69) is 11.4 Å². The monoisotopic (exact) mass is 393 g/mol. The van der Waals surface area contributed by atoms with E-state index in [1.165, 1.54) is 0 Å². The second-order valence-corrected chi connectivity index (χ2v) is 6.76. The molecule has 0 spiro atoms. The molecule has 2 N–H and O–H groups in total. The molecule has 0 aliphatic rings. The maximum absolute atomic E-state index is 12.2. The first-order valence-electron chi connectivity index (χ1n) is 9.56. The quantitative estimate of drug-likeness (QED) is 0.452. The normalized spacial score (nSPS) is 11.9. The van der Waals surface area contributed by atoms with Gasteiger partial charge < -0.3 is 15.2 Å². The number of amides is 1. The van der Waals surface area contributed by atoms with E-state index in [-0.39, 0.29) is 25.9 Å². The summed E-state index contributed by atoms with van der Waals surface area (Å²) in [5.74, 6) is -2.09. The van der Waals surface area contributed by atoms with Crippen LogP contribution in [0.1, 0.15) is 25.3 Å². The van der Waals surface area contributed by atoms with E-state index >= 15 is 0 Å². The first-order chi connectivity index (χ1) is 14.0. The van der Waals surface area contributed by atoms with E-state index in [9.17, 15) is 19.5 Å². The number of rotatable bonds is 8. The molecule has 0 unspecified atom stereocenters. The summed E-state index contributed by atoms with van der Waals surface area (Å²) in [6.45, 7) is 1.93. The van der Waals surface area contributed by atoms with Crippen LogP contribution in [-0.2, 0) is 25.5 Å². The Balaban J connectivity index is 1.87. The number of carbonyl (C=O) groups excluding carboxylic acids is 2. The summed E-state index contributed by atoms with van der Waals surface area (Å²) in [7, 11) is 0. The number of carbonyl (C=O) groups is 3. The van der Waals surface area contributed by atoms with Crippen LogP contribution in [0.3, 0.4) is 0 Å². The first kappa shape index (κ1) is 20.3. The number of carboxylic acids is 1. The van der Waals surface area contributed by atoms with Gasteiger partial charge in [0, 0.05) is 12.8 Å². The number of ether oxygens (including phenoxy) is 1. The largest absolute Gasteiger partial charge is 0.480 e. The average Bonchev–Trinajstić information content (AvgIpc) is 2.71. The molecule has 3 rings (SSSR count). The lowest BCUT2D eigenvalue weighted by Crippen LogP contribution is -2.42. The number of hydrogen-bond donors (Lipinski definition) is 2. The minimum Gasteiger partial charge on any atom is -0.480 e. The topological polar surface area (TPSA) is 92.7 Å². The molecule has 0 saturated heterocycles. The molecule has 0 fully saturated rings. The molecular weight excluding hydrogens is 370 g/mol. The second kappa shape index (κ2) is 9.19. The fourth-order valence-electron chi connectivity index (χ4n) is 3.45. The van der Waals surface area contributed by atoms with E-state index in [0.29, 0.717) is 0 Å². The lowest BCUT2D eigenvalue weighted by molar-refractivity contribution is -0.144. The predicted octanol–water partition coefficient (Wildman–Crippen LogP) is 3.45. The lowest BCUT2D eigenvalue weighted by Gasteiger charge is -2.18. The number of hydrogen-bond acceptors (Lipinski definition) is 4. The zero-order chi connectivity index (χ0) is 20.8. The Kier molecular flexibility index (Phi) is 6.44. The van der Waals surface area contributed by atoms with Crippen molar-refractivity contribution < 1.29 is 24.2 Å². The third-order valence-electron chi connectivity index (χ3n) is 4.79. The highest BCUT2D eigenvalue weighted by molar-refractivity contribution is 6.02. The molecule has 3 aromatic rings. The molecule has 0 saturated carbocycles. The van der Waals surface area contributed by atoms with Gasteiger partial charge in [0.15, 0.2) is 0 Å². The summed E-state index contributed by atoms with van der Waals surface area (Å²) in [5, 5.41) is 16.2. The number of esters is 1. The smallest absolute Gasteiger partial charge is 0.326 e. The minimum atomic E-state index is -1.12. The lowest BCUT2D eigenvalue weighted by atomic mass is 9.92. The van der Waals surface area contributed by atoms with Gasteiger partial charge in [0.2, 0.25) is 5.91 Å². The summed E-state index contributed by atoms with van der Waals surface area (Å²) in [6.07, 6.45) is -0.0511. The third-order valence-corrected chi connectivity index (χ3v) is 4.79. The van der Waals surface area contributed by atoms with E-state index in [0.717, 1.165) is 27.1 Å². The van der Waals surface area contributed by atoms with Crippen molar-refractivity contribution in [3.63, 3.8) is 0 Å². The Morgan fingerprint density at radius 1 is 0.966 bits per heavy atom. The molecule has 0 aliphatic heterocycles. The maximum atomic E-state index is 12.2. The summed E-state index contributed by atoms with van der Waals surface area (Å²) >= 11 is 0. The van der Waals surface area contributed by atoms with Crippen molar-refractivity contribution in [3.8, 4) is 0 Å². The zero-order valence-electron chi connectivity index (χ0n) is 16.2. The molecule has 0 radical (unpaired) electrons. The Morgan fingerprint density at radius 3 is 2.10 bits per heavy atom. The number of benzene rings is 3. The van der Waals surface area contributed by atoms with Gasteiger partial charge in [-0.15, -0.1) is 0 Å². The van der Waals surface area contributed by atoms with Crippen LogP contribution in [-0.4, -0.2) is 35.6 Å². The van der Waals surface area contributed by atoms with Crippen molar-refractivity contribution in [2.24, 2.45) is 0 Å². The SMILES string of the molecule is CCOC(=O)CCC(=O)N[C@@H](Cc1c2ccccc2cc2ccccc12)C(=O)O. The second-order valence-electron chi connectivity index (χ2n) is 6.76. The zero-order valence-corrected chi connectivity index (χ0v) is 16.2. The molecule has 0 aromatic heterocycles. The van der Waals surface area contributed by atoms with Crippen LogP contribution in [0, 0.1) is 0 Å². The molecule has 3 aromatic carbocycles. The van der Waals surface area contributed by atoms with E-state index in [4.69, 9.17) is 4.74 Å². The molecule has 6 heteroatoms. The minimum absolute atomic E-state index is 0.0801. The van der Waals surface area contributed by atoms with Gasteiger partial charge in [-0.25, -0.2) is 4.79 Å². The number of carboxylic acid groups (broad SMARTS) is 1. The van der Waals surface area contributed by atoms with Gasteiger partial charge in [-0.1, -0.05) is 48.5 Å². The van der Waals surface area contributed by atoms with Crippen LogP contribution in [0.25, 0.3) is 21.5 Å². The predicted molar refractivity (Wildman–Crippen MR) is 111 cm³/mol. The van der Waals surface area contributed by atoms with Crippen molar-refractivity contribution in [1.82, 2.24) is 5.32 Å². The first-order valence-corrected chi connectivity index (χ1v) is 9.56. The Hall–Kier alpha value is -3.41. The van der Waals surface area contributed by atoms with Crippen LogP contribution in [0.2, 0.25) is 0 Å². The maximum Gasteiger partial charge on any atom is 0.326 e. The highest BCUT2D eigenvalue weighted by Crippen LogP contribution is 2.29. The molecule has 29 heavy (non-hydrogen) atoms. The number of nitrogens with one attached hydrogen (secondary N) is 1. The highest BCUT2D eigenvalue weighted by Gasteiger charge is 2.23. The van der Waals surface area contributed by atoms with E-state index in [1.807, 2.05) is 48.5 Å². The van der Waals surface area contributed by atoms with Crippen LogP contribution in [0.5, 0.6) is 0 Å². The standard InChI is InChI=1S/C23H23NO5/c1-2-29-22(26)12-11-21(25)24-20(23(27)28)14-19-17-9-5-3-7-15(17)13-16-8-4-6-10-18(16)19/h3-10,13,20H,2,11-12,14H2,1H3,(H,24,25)(H,27,28)/t20-/m0/s1. The van der Waals surface area contributed by atoms with E-state index in [1.54, 1.807) is 6.92 Å². The molecule has 0 bridgehead atoms. The molecule has 150 valence electrons. The molecule has 0 heterocycles. The average molecular weight is 393 g/mol.